The Labute approximate surface area is 325 Å². The molecule has 0 atom stereocenters. The summed E-state index contributed by atoms with van der Waals surface area (Å²) in [4.78, 5) is 42.5. The summed E-state index contributed by atoms with van der Waals surface area (Å²) in [6.07, 6.45) is 3.52. The number of aromatic nitrogens is 2. The molecule has 5 heterocycles. The fourth-order valence-electron chi connectivity index (χ4n) is 7.05. The number of thiophene rings is 2. The number of pyridine rings is 2. The molecule has 2 aliphatic rings. The Morgan fingerprint density at radius 2 is 1.25 bits per heavy atom. The van der Waals surface area contributed by atoms with Gasteiger partial charge in [0.15, 0.2) is 5.43 Å². The van der Waals surface area contributed by atoms with Crippen LogP contribution in [0.15, 0.2) is 142 Å². The normalized spacial score (nSPS) is 11.6. The zero-order valence-electron chi connectivity index (χ0n) is 29.7. The van der Waals surface area contributed by atoms with Crippen molar-refractivity contribution in [3.05, 3.63) is 180 Å². The third-order valence-corrected chi connectivity index (χ3v) is 11.3. The van der Waals surface area contributed by atoms with Crippen molar-refractivity contribution in [1.29, 1.82) is 0 Å². The lowest BCUT2D eigenvalue weighted by Gasteiger charge is -2.26. The largest absolute Gasteiger partial charge is 0.507 e. The van der Waals surface area contributed by atoms with Gasteiger partial charge in [-0.15, -0.1) is 22.7 Å². The van der Waals surface area contributed by atoms with Crippen LogP contribution in [0.4, 0.5) is 0 Å². The van der Waals surface area contributed by atoms with Crippen molar-refractivity contribution in [2.45, 2.75) is 39.3 Å². The van der Waals surface area contributed by atoms with E-state index in [1.165, 1.54) is 6.07 Å². The smallest absolute Gasteiger partial charge is 0.336 e. The molecule has 55 heavy (non-hydrogen) atoms. The van der Waals surface area contributed by atoms with Crippen LogP contribution in [0.3, 0.4) is 0 Å². The highest BCUT2D eigenvalue weighted by molar-refractivity contribution is 7.10. The Kier molecular flexibility index (Phi) is 10.6. The fourth-order valence-corrected chi connectivity index (χ4v) is 8.54. The summed E-state index contributed by atoms with van der Waals surface area (Å²) >= 11 is 3.29. The number of benzene rings is 3. The highest BCUT2D eigenvalue weighted by Gasteiger charge is 2.28. The van der Waals surface area contributed by atoms with Crippen molar-refractivity contribution in [3.8, 4) is 28.2 Å². The highest BCUT2D eigenvalue weighted by atomic mass is 32.1. The van der Waals surface area contributed by atoms with E-state index in [1.807, 2.05) is 59.3 Å². The molecule has 4 aromatic heterocycles. The van der Waals surface area contributed by atoms with E-state index >= 15 is 0 Å². The minimum absolute atomic E-state index is 0.0274. The van der Waals surface area contributed by atoms with Gasteiger partial charge in [-0.05, 0) is 83.1 Å². The van der Waals surface area contributed by atoms with E-state index in [0.29, 0.717) is 70.7 Å². The number of phenols is 1. The van der Waals surface area contributed by atoms with Crippen LogP contribution in [-0.4, -0.2) is 36.0 Å². The molecule has 1 aliphatic carbocycles. The van der Waals surface area contributed by atoms with Crippen molar-refractivity contribution in [2.24, 2.45) is 0 Å². The molecule has 0 radical (unpaired) electrons. The first-order chi connectivity index (χ1) is 26.9. The third kappa shape index (κ3) is 7.96. The van der Waals surface area contributed by atoms with Crippen LogP contribution >= 0.6 is 22.7 Å². The van der Waals surface area contributed by atoms with E-state index in [-0.39, 0.29) is 29.8 Å². The second kappa shape index (κ2) is 16.2. The van der Waals surface area contributed by atoms with Gasteiger partial charge in [0.25, 0.3) is 0 Å². The van der Waals surface area contributed by atoms with Gasteiger partial charge in [0.2, 0.25) is 0 Å². The molecule has 0 unspecified atom stereocenters. The average Bonchev–Trinajstić information content (AvgIpc) is 3.92. The number of aromatic hydroxyl groups is 1. The minimum atomic E-state index is -1.08. The Hall–Kier alpha value is -5.98. The lowest BCUT2D eigenvalue weighted by Crippen LogP contribution is -2.26. The van der Waals surface area contributed by atoms with Gasteiger partial charge in [-0.25, -0.2) is 4.79 Å². The monoisotopic (exact) mass is 764 g/mol. The number of aromatic carboxylic acids is 1. The quantitative estimate of drug-likeness (QED) is 0.104. The average molecular weight is 765 g/mol. The van der Waals surface area contributed by atoms with Gasteiger partial charge < -0.3 is 14.6 Å². The molecular weight excluding hydrogens is 729 g/mol. The Morgan fingerprint density at radius 1 is 0.636 bits per heavy atom. The summed E-state index contributed by atoms with van der Waals surface area (Å²) < 4.78 is 6.92. The minimum Gasteiger partial charge on any atom is -0.507 e. The number of hydrogen-bond donors (Lipinski definition) is 2. The maximum absolute atomic E-state index is 14.0. The molecule has 0 bridgehead atoms. The molecule has 1 aliphatic heterocycles. The van der Waals surface area contributed by atoms with Gasteiger partial charge in [-0.1, -0.05) is 42.5 Å². The Bertz CT molecular complexity index is 2580. The molecule has 6 aromatic rings. The molecule has 9 nitrogen and oxygen atoms in total. The van der Waals surface area contributed by atoms with Crippen LogP contribution in [0.5, 0.6) is 5.75 Å². The first-order valence-electron chi connectivity index (χ1n) is 17.8. The van der Waals surface area contributed by atoms with E-state index in [9.17, 15) is 19.8 Å². The summed E-state index contributed by atoms with van der Waals surface area (Å²) in [6.45, 7) is 2.66. The van der Waals surface area contributed by atoms with Crippen LogP contribution in [0.2, 0.25) is 0 Å². The lowest BCUT2D eigenvalue weighted by atomic mass is 9.88. The second-order valence-electron chi connectivity index (χ2n) is 13.3. The van der Waals surface area contributed by atoms with Crippen LogP contribution < -0.4 is 5.43 Å². The molecular formula is C44H36N4O5S2. The molecule has 0 saturated carbocycles. The van der Waals surface area contributed by atoms with Crippen LogP contribution in [0.25, 0.3) is 33.4 Å². The molecule has 2 N–H and O–H groups in total. The van der Waals surface area contributed by atoms with Crippen molar-refractivity contribution in [1.82, 2.24) is 19.8 Å². The number of fused-ring (bicyclic) bond motifs is 2. The van der Waals surface area contributed by atoms with E-state index in [0.717, 1.165) is 21.1 Å². The van der Waals surface area contributed by atoms with Crippen LogP contribution in [0.1, 0.15) is 42.6 Å². The predicted molar refractivity (Wildman–Crippen MR) is 216 cm³/mol. The molecule has 8 rings (SSSR count). The van der Waals surface area contributed by atoms with Gasteiger partial charge in [-0.3, -0.25) is 24.6 Å². The van der Waals surface area contributed by atoms with Gasteiger partial charge in [0, 0.05) is 77.9 Å². The topological polar surface area (TPSA) is 120 Å². The number of nitrogens with zero attached hydrogens (tertiary/aromatic N) is 4. The van der Waals surface area contributed by atoms with Crippen LogP contribution in [-0.2, 0) is 39.3 Å². The molecule has 2 aromatic carbocycles. The van der Waals surface area contributed by atoms with E-state index in [4.69, 9.17) is 4.42 Å². The van der Waals surface area contributed by atoms with Crippen molar-refractivity contribution < 1.29 is 19.4 Å². The van der Waals surface area contributed by atoms with Gasteiger partial charge in [0.1, 0.15) is 17.1 Å². The maximum Gasteiger partial charge on any atom is 0.336 e. The number of hydrogen-bond acceptors (Lipinski definition) is 10. The second-order valence-corrected chi connectivity index (χ2v) is 15.3. The van der Waals surface area contributed by atoms with E-state index in [2.05, 4.69) is 31.9 Å². The van der Waals surface area contributed by atoms with Crippen LogP contribution in [0, 0.1) is 0 Å². The van der Waals surface area contributed by atoms with Gasteiger partial charge in [0.05, 0.1) is 28.1 Å². The molecule has 0 saturated heterocycles. The number of carbonyl (C=O) groups is 1. The summed E-state index contributed by atoms with van der Waals surface area (Å²) in [5.74, 6) is -0.708. The van der Waals surface area contributed by atoms with Gasteiger partial charge in [-0.2, -0.15) is 0 Å². The number of phenolic OH excluding ortho intramolecular Hbond substituents is 1. The maximum atomic E-state index is 14.0. The van der Waals surface area contributed by atoms with Gasteiger partial charge >= 0.3 is 5.97 Å². The highest BCUT2D eigenvalue weighted by Crippen LogP contribution is 2.45. The van der Waals surface area contributed by atoms with E-state index in [1.54, 1.807) is 77.5 Å². The lowest BCUT2D eigenvalue weighted by molar-refractivity contribution is 0.0697. The summed E-state index contributed by atoms with van der Waals surface area (Å²) in [5, 5.41) is 26.7. The number of carboxylic acids is 1. The molecule has 0 amide bonds. The Morgan fingerprint density at radius 3 is 1.84 bits per heavy atom. The number of rotatable bonds is 14. The molecule has 0 spiro atoms. The predicted octanol–water partition coefficient (Wildman–Crippen LogP) is 9.29. The summed E-state index contributed by atoms with van der Waals surface area (Å²) in [6, 6.07) is 33.3. The first kappa shape index (κ1) is 36.0. The summed E-state index contributed by atoms with van der Waals surface area (Å²) in [7, 11) is 0. The van der Waals surface area contributed by atoms with Crippen molar-refractivity contribution in [3.63, 3.8) is 0 Å². The summed E-state index contributed by atoms with van der Waals surface area (Å²) in [5.41, 5.74) is 4.66. The zero-order chi connectivity index (χ0) is 37.7. The number of carboxylic acid groups (broad SMARTS) is 1. The molecule has 274 valence electrons. The zero-order valence-corrected chi connectivity index (χ0v) is 31.3. The standard InChI is InChI=1S/C44H36N4O5S2/c49-39-17-15-35-41(33-13-1-2-14-34(33)44(51)52)36-16-18-40(50)38(28-48(26-32-12-8-22-55-32)24-30-10-4-6-20-46-30)43(36)53-42(35)37(39)27-47(25-31-11-7-21-54-31)23-29-9-3-5-19-45-29/h1-22,49H,23-28H2,(H,51,52). The molecule has 11 heteroatoms. The SMILES string of the molecule is O=C(O)c1ccccc1-c1c2ccc(=O)c(CN(Cc3ccccn3)Cc3cccs3)c-2oc2c(CN(Cc3ccccn3)Cc3cccs3)c(O)ccc12. The van der Waals surface area contributed by atoms with Crippen molar-refractivity contribution >= 4 is 39.6 Å². The third-order valence-electron chi connectivity index (χ3n) is 9.53. The fraction of sp³-hybridized carbons (Fsp3) is 0.136. The first-order valence-corrected chi connectivity index (χ1v) is 19.5. The van der Waals surface area contributed by atoms with Crippen molar-refractivity contribution in [2.75, 3.05) is 0 Å². The van der Waals surface area contributed by atoms with E-state index < -0.39 is 5.97 Å². The molecule has 0 fully saturated rings. The Balaban J connectivity index is 1.33.